The Bertz CT molecular complexity index is 543. The van der Waals surface area contributed by atoms with Crippen LogP contribution in [0.1, 0.15) is 35.1 Å². The summed E-state index contributed by atoms with van der Waals surface area (Å²) in [6.45, 7) is 4.86. The fourth-order valence-electron chi connectivity index (χ4n) is 2.05. The molecular formula is C15H18N2O. The number of rotatable bonds is 5. The van der Waals surface area contributed by atoms with Crippen LogP contribution in [0.4, 0.5) is 0 Å². The highest BCUT2D eigenvalue weighted by Gasteiger charge is 2.11. The summed E-state index contributed by atoms with van der Waals surface area (Å²) in [4.78, 5) is 16.2. The van der Waals surface area contributed by atoms with Gasteiger partial charge >= 0.3 is 0 Å². The first-order chi connectivity index (χ1) is 8.70. The van der Waals surface area contributed by atoms with Crippen molar-refractivity contribution in [3.05, 3.63) is 53.6 Å². The van der Waals surface area contributed by atoms with E-state index in [0.717, 1.165) is 13.0 Å². The van der Waals surface area contributed by atoms with Gasteiger partial charge in [0.2, 0.25) is 0 Å². The Morgan fingerprint density at radius 2 is 2.22 bits per heavy atom. The first-order valence-electron chi connectivity index (χ1n) is 6.30. The molecule has 18 heavy (non-hydrogen) atoms. The third kappa shape index (κ3) is 2.86. The number of hydrogen-bond donors (Lipinski definition) is 0. The molecule has 0 unspecified atom stereocenters. The highest BCUT2D eigenvalue weighted by molar-refractivity contribution is 5.92. The van der Waals surface area contributed by atoms with Crippen LogP contribution in [0.5, 0.6) is 0 Å². The summed E-state index contributed by atoms with van der Waals surface area (Å²) in [5.74, 6) is 0.688. The number of hydrogen-bond acceptors (Lipinski definition) is 2. The number of carbonyl (C=O) groups is 1. The van der Waals surface area contributed by atoms with Crippen molar-refractivity contribution in [2.45, 2.75) is 33.2 Å². The van der Waals surface area contributed by atoms with Crippen LogP contribution in [0.25, 0.3) is 0 Å². The first kappa shape index (κ1) is 12.6. The van der Waals surface area contributed by atoms with E-state index in [-0.39, 0.29) is 5.78 Å². The molecule has 0 atom stereocenters. The van der Waals surface area contributed by atoms with Gasteiger partial charge in [-0.1, -0.05) is 29.8 Å². The van der Waals surface area contributed by atoms with Crippen LogP contribution in [0.15, 0.2) is 36.7 Å². The number of nitrogens with zero attached hydrogens (tertiary/aromatic N) is 2. The summed E-state index contributed by atoms with van der Waals surface area (Å²) in [6, 6.07) is 8.28. The Hall–Kier alpha value is -1.90. The van der Waals surface area contributed by atoms with Gasteiger partial charge < -0.3 is 4.57 Å². The van der Waals surface area contributed by atoms with Crippen molar-refractivity contribution in [1.29, 1.82) is 0 Å². The van der Waals surface area contributed by atoms with Gasteiger partial charge in [0.15, 0.2) is 11.6 Å². The maximum Gasteiger partial charge on any atom is 0.198 e. The summed E-state index contributed by atoms with van der Waals surface area (Å²) >= 11 is 0. The van der Waals surface area contributed by atoms with Crippen molar-refractivity contribution in [2.24, 2.45) is 0 Å². The fourth-order valence-corrected chi connectivity index (χ4v) is 2.05. The maximum atomic E-state index is 12.1. The van der Waals surface area contributed by atoms with E-state index in [1.54, 1.807) is 6.20 Å². The molecule has 1 aromatic carbocycles. The standard InChI is InChI=1S/C15H18N2O/c1-3-17-10-9-16-15(17)14(18)8-7-13-6-4-5-12(2)11-13/h4-6,9-11H,3,7-8H2,1-2H3. The van der Waals surface area contributed by atoms with Gasteiger partial charge in [-0.25, -0.2) is 4.98 Å². The zero-order chi connectivity index (χ0) is 13.0. The van der Waals surface area contributed by atoms with Crippen LogP contribution in [0.2, 0.25) is 0 Å². The Morgan fingerprint density at radius 1 is 1.39 bits per heavy atom. The lowest BCUT2D eigenvalue weighted by molar-refractivity contribution is 0.0969. The average Bonchev–Trinajstić information content (AvgIpc) is 2.84. The number of aromatic nitrogens is 2. The van der Waals surface area contributed by atoms with Gasteiger partial charge in [-0.15, -0.1) is 0 Å². The summed E-state index contributed by atoms with van der Waals surface area (Å²) in [7, 11) is 0. The van der Waals surface area contributed by atoms with E-state index >= 15 is 0 Å². The molecule has 0 aliphatic carbocycles. The van der Waals surface area contributed by atoms with Crippen molar-refractivity contribution >= 4 is 5.78 Å². The topological polar surface area (TPSA) is 34.9 Å². The van der Waals surface area contributed by atoms with Crippen LogP contribution in [0.3, 0.4) is 0 Å². The second-order valence-electron chi connectivity index (χ2n) is 4.45. The molecule has 3 heteroatoms. The smallest absolute Gasteiger partial charge is 0.198 e. The van der Waals surface area contributed by atoms with Crippen LogP contribution in [0, 0.1) is 6.92 Å². The number of Topliss-reactive ketones (excluding diaryl/α,β-unsaturated/α-hetero) is 1. The Balaban J connectivity index is 2.00. The zero-order valence-corrected chi connectivity index (χ0v) is 10.9. The molecule has 0 amide bonds. The second-order valence-corrected chi connectivity index (χ2v) is 4.45. The average molecular weight is 242 g/mol. The van der Waals surface area contributed by atoms with Crippen molar-refractivity contribution in [3.63, 3.8) is 0 Å². The van der Waals surface area contributed by atoms with E-state index in [4.69, 9.17) is 0 Å². The highest BCUT2D eigenvalue weighted by atomic mass is 16.1. The maximum absolute atomic E-state index is 12.1. The number of benzene rings is 1. The monoisotopic (exact) mass is 242 g/mol. The molecule has 94 valence electrons. The lowest BCUT2D eigenvalue weighted by Crippen LogP contribution is -2.10. The number of aryl methyl sites for hydroxylation is 3. The Labute approximate surface area is 107 Å². The van der Waals surface area contributed by atoms with E-state index in [0.29, 0.717) is 12.2 Å². The third-order valence-electron chi connectivity index (χ3n) is 3.03. The van der Waals surface area contributed by atoms with Gasteiger partial charge in [0.05, 0.1) is 0 Å². The van der Waals surface area contributed by atoms with Gasteiger partial charge in [0, 0.05) is 25.4 Å². The van der Waals surface area contributed by atoms with Crippen LogP contribution in [-0.4, -0.2) is 15.3 Å². The fraction of sp³-hybridized carbons (Fsp3) is 0.333. The SMILES string of the molecule is CCn1ccnc1C(=O)CCc1cccc(C)c1. The molecule has 0 bridgehead atoms. The number of ketones is 1. The molecule has 0 radical (unpaired) electrons. The van der Waals surface area contributed by atoms with Crippen molar-refractivity contribution in [3.8, 4) is 0 Å². The predicted molar refractivity (Wildman–Crippen MR) is 71.7 cm³/mol. The highest BCUT2D eigenvalue weighted by Crippen LogP contribution is 2.09. The zero-order valence-electron chi connectivity index (χ0n) is 10.9. The van der Waals surface area contributed by atoms with E-state index in [1.165, 1.54) is 11.1 Å². The lowest BCUT2D eigenvalue weighted by atomic mass is 10.1. The van der Waals surface area contributed by atoms with E-state index in [9.17, 15) is 4.79 Å². The molecule has 0 spiro atoms. The lowest BCUT2D eigenvalue weighted by Gasteiger charge is -2.04. The minimum absolute atomic E-state index is 0.114. The van der Waals surface area contributed by atoms with E-state index in [1.807, 2.05) is 23.8 Å². The number of carbonyl (C=O) groups excluding carboxylic acids is 1. The van der Waals surface area contributed by atoms with Crippen molar-refractivity contribution < 1.29 is 4.79 Å². The first-order valence-corrected chi connectivity index (χ1v) is 6.30. The summed E-state index contributed by atoms with van der Waals surface area (Å²) < 4.78 is 1.89. The molecule has 0 saturated heterocycles. The van der Waals surface area contributed by atoms with Gasteiger partial charge in [-0.05, 0) is 25.8 Å². The minimum Gasteiger partial charge on any atom is -0.329 e. The van der Waals surface area contributed by atoms with E-state index < -0.39 is 0 Å². The molecule has 0 N–H and O–H groups in total. The molecular weight excluding hydrogens is 224 g/mol. The molecule has 0 aliphatic heterocycles. The summed E-state index contributed by atoms with van der Waals surface area (Å²) in [5, 5.41) is 0. The Morgan fingerprint density at radius 3 is 2.94 bits per heavy atom. The van der Waals surface area contributed by atoms with Crippen molar-refractivity contribution in [2.75, 3.05) is 0 Å². The predicted octanol–water partition coefficient (Wildman–Crippen LogP) is 3.03. The van der Waals surface area contributed by atoms with E-state index in [2.05, 4.69) is 30.1 Å². The molecule has 1 heterocycles. The van der Waals surface area contributed by atoms with Gasteiger partial charge in [0.1, 0.15) is 0 Å². The normalized spacial score (nSPS) is 10.6. The molecule has 2 rings (SSSR count). The van der Waals surface area contributed by atoms with Gasteiger partial charge in [-0.2, -0.15) is 0 Å². The van der Waals surface area contributed by atoms with Gasteiger partial charge in [0.25, 0.3) is 0 Å². The quantitative estimate of drug-likeness (QED) is 0.755. The molecule has 1 aromatic heterocycles. The summed E-state index contributed by atoms with van der Waals surface area (Å²) in [5.41, 5.74) is 2.44. The van der Waals surface area contributed by atoms with Crippen LogP contribution >= 0.6 is 0 Å². The molecule has 3 nitrogen and oxygen atoms in total. The minimum atomic E-state index is 0.114. The Kier molecular flexibility index (Phi) is 3.92. The number of imidazole rings is 1. The summed E-state index contributed by atoms with van der Waals surface area (Å²) in [6.07, 6.45) is 4.82. The molecule has 0 fully saturated rings. The molecule has 0 aliphatic rings. The second kappa shape index (κ2) is 5.63. The molecule has 0 saturated carbocycles. The molecule has 2 aromatic rings. The van der Waals surface area contributed by atoms with Crippen LogP contribution in [-0.2, 0) is 13.0 Å². The van der Waals surface area contributed by atoms with Crippen molar-refractivity contribution in [1.82, 2.24) is 9.55 Å². The van der Waals surface area contributed by atoms with Gasteiger partial charge in [-0.3, -0.25) is 4.79 Å². The largest absolute Gasteiger partial charge is 0.329 e. The van der Waals surface area contributed by atoms with Crippen LogP contribution < -0.4 is 0 Å². The third-order valence-corrected chi connectivity index (χ3v) is 3.03.